The molecule has 3 heteroatoms. The zero-order valence-corrected chi connectivity index (χ0v) is 10.6. The van der Waals surface area contributed by atoms with Gasteiger partial charge in [0.25, 0.3) is 0 Å². The van der Waals surface area contributed by atoms with E-state index in [0.717, 1.165) is 18.4 Å². The smallest absolute Gasteiger partial charge is 0.0254 e. The minimum absolute atomic E-state index is 0.677. The Morgan fingerprint density at radius 3 is 2.87 bits per heavy atom. The molecular weight excluding hydrogens is 204 g/mol. The molecule has 0 spiro atoms. The van der Waals surface area contributed by atoms with E-state index in [9.17, 15) is 0 Å². The summed E-state index contributed by atoms with van der Waals surface area (Å²) >= 11 is 2.11. The molecule has 3 unspecified atom stereocenters. The van der Waals surface area contributed by atoms with Crippen LogP contribution in [0.1, 0.15) is 26.2 Å². The molecule has 0 aromatic carbocycles. The predicted molar refractivity (Wildman–Crippen MR) is 68.2 cm³/mol. The number of likely N-dealkylation sites (tertiary alicyclic amines) is 1. The Balaban J connectivity index is 1.89. The van der Waals surface area contributed by atoms with Crippen molar-refractivity contribution in [2.75, 3.05) is 31.1 Å². The summed E-state index contributed by atoms with van der Waals surface area (Å²) in [4.78, 5) is 2.67. The molecular formula is C12H24N2S. The standard InChI is InChI=1S/C12H24N2S/c1-2-10-3-5-14(8-10)12(7-13)11-4-6-15-9-11/h10-12H,2-9,13H2,1H3. The number of rotatable bonds is 4. The molecule has 0 saturated carbocycles. The molecule has 0 amide bonds. The Kier molecular flexibility index (Phi) is 4.35. The van der Waals surface area contributed by atoms with Gasteiger partial charge in [-0.05, 0) is 42.7 Å². The molecule has 2 N–H and O–H groups in total. The van der Waals surface area contributed by atoms with Gasteiger partial charge in [-0.1, -0.05) is 13.3 Å². The predicted octanol–water partition coefficient (Wildman–Crippen LogP) is 1.80. The van der Waals surface area contributed by atoms with Crippen LogP contribution in [0.2, 0.25) is 0 Å². The topological polar surface area (TPSA) is 29.3 Å². The molecule has 0 radical (unpaired) electrons. The van der Waals surface area contributed by atoms with Crippen LogP contribution >= 0.6 is 11.8 Å². The van der Waals surface area contributed by atoms with E-state index in [2.05, 4.69) is 23.6 Å². The summed E-state index contributed by atoms with van der Waals surface area (Å²) < 4.78 is 0. The van der Waals surface area contributed by atoms with Crippen LogP contribution in [-0.4, -0.2) is 42.1 Å². The van der Waals surface area contributed by atoms with Gasteiger partial charge in [0.2, 0.25) is 0 Å². The Bertz CT molecular complexity index is 192. The van der Waals surface area contributed by atoms with Gasteiger partial charge in [0, 0.05) is 19.1 Å². The normalized spacial score (nSPS) is 34.8. The van der Waals surface area contributed by atoms with Gasteiger partial charge in [-0.15, -0.1) is 0 Å². The molecule has 2 nitrogen and oxygen atoms in total. The monoisotopic (exact) mass is 228 g/mol. The van der Waals surface area contributed by atoms with E-state index < -0.39 is 0 Å². The lowest BCUT2D eigenvalue weighted by Crippen LogP contribution is -2.44. The van der Waals surface area contributed by atoms with E-state index in [0.29, 0.717) is 6.04 Å². The maximum absolute atomic E-state index is 5.97. The number of hydrogen-bond acceptors (Lipinski definition) is 3. The van der Waals surface area contributed by atoms with Crippen molar-refractivity contribution in [2.24, 2.45) is 17.6 Å². The highest BCUT2D eigenvalue weighted by molar-refractivity contribution is 7.99. The van der Waals surface area contributed by atoms with Gasteiger partial charge in [0.1, 0.15) is 0 Å². The lowest BCUT2D eigenvalue weighted by atomic mass is 9.98. The van der Waals surface area contributed by atoms with Crippen LogP contribution in [0.5, 0.6) is 0 Å². The molecule has 88 valence electrons. The van der Waals surface area contributed by atoms with E-state index in [1.165, 1.54) is 43.9 Å². The third-order valence-corrected chi connectivity index (χ3v) is 5.30. The third kappa shape index (κ3) is 2.69. The van der Waals surface area contributed by atoms with Crippen molar-refractivity contribution in [3.05, 3.63) is 0 Å². The van der Waals surface area contributed by atoms with Crippen molar-refractivity contribution in [1.82, 2.24) is 4.90 Å². The molecule has 2 rings (SSSR count). The van der Waals surface area contributed by atoms with Crippen molar-refractivity contribution in [1.29, 1.82) is 0 Å². The van der Waals surface area contributed by atoms with E-state index in [1.54, 1.807) is 0 Å². The summed E-state index contributed by atoms with van der Waals surface area (Å²) in [6.45, 7) is 5.78. The number of nitrogens with zero attached hydrogens (tertiary/aromatic N) is 1. The second-order valence-corrected chi connectivity index (χ2v) is 6.13. The Hall–Kier alpha value is 0.270. The van der Waals surface area contributed by atoms with Crippen molar-refractivity contribution in [2.45, 2.75) is 32.2 Å². The summed E-state index contributed by atoms with van der Waals surface area (Å²) in [6.07, 6.45) is 4.12. The van der Waals surface area contributed by atoms with E-state index in [-0.39, 0.29) is 0 Å². The minimum atomic E-state index is 0.677. The molecule has 0 aromatic heterocycles. The average Bonchev–Trinajstić information content (AvgIpc) is 2.89. The fourth-order valence-corrected chi connectivity index (χ4v) is 4.32. The molecule has 3 atom stereocenters. The zero-order valence-electron chi connectivity index (χ0n) is 9.82. The van der Waals surface area contributed by atoms with E-state index in [4.69, 9.17) is 5.73 Å². The molecule has 2 aliphatic heterocycles. The minimum Gasteiger partial charge on any atom is -0.329 e. The van der Waals surface area contributed by atoms with Crippen molar-refractivity contribution in [3.63, 3.8) is 0 Å². The van der Waals surface area contributed by atoms with Crippen LogP contribution in [0, 0.1) is 11.8 Å². The summed E-state index contributed by atoms with van der Waals surface area (Å²) in [5, 5.41) is 0. The van der Waals surface area contributed by atoms with Crippen molar-refractivity contribution >= 4 is 11.8 Å². The van der Waals surface area contributed by atoms with Gasteiger partial charge in [0.05, 0.1) is 0 Å². The van der Waals surface area contributed by atoms with Crippen molar-refractivity contribution < 1.29 is 0 Å². The fourth-order valence-electron chi connectivity index (χ4n) is 2.99. The van der Waals surface area contributed by atoms with Crippen LogP contribution < -0.4 is 5.73 Å². The third-order valence-electron chi connectivity index (χ3n) is 4.11. The van der Waals surface area contributed by atoms with Crippen LogP contribution in [0.3, 0.4) is 0 Å². The van der Waals surface area contributed by atoms with E-state index in [1.807, 2.05) is 0 Å². The first-order valence-corrected chi connectivity index (χ1v) is 7.52. The Morgan fingerprint density at radius 2 is 2.33 bits per heavy atom. The highest BCUT2D eigenvalue weighted by Crippen LogP contribution is 2.31. The van der Waals surface area contributed by atoms with Crippen LogP contribution in [0.4, 0.5) is 0 Å². The molecule has 2 fully saturated rings. The summed E-state index contributed by atoms with van der Waals surface area (Å²) in [6, 6.07) is 0.677. The lowest BCUT2D eigenvalue weighted by molar-refractivity contribution is 0.184. The van der Waals surface area contributed by atoms with Crippen LogP contribution in [0.15, 0.2) is 0 Å². The maximum atomic E-state index is 5.97. The summed E-state index contributed by atoms with van der Waals surface area (Å²) in [7, 11) is 0. The maximum Gasteiger partial charge on any atom is 0.0254 e. The highest BCUT2D eigenvalue weighted by atomic mass is 32.2. The lowest BCUT2D eigenvalue weighted by Gasteiger charge is -2.31. The first-order chi connectivity index (χ1) is 7.35. The Morgan fingerprint density at radius 1 is 1.47 bits per heavy atom. The number of hydrogen-bond donors (Lipinski definition) is 1. The summed E-state index contributed by atoms with van der Waals surface area (Å²) in [5.41, 5.74) is 5.97. The number of thioether (sulfide) groups is 1. The van der Waals surface area contributed by atoms with Gasteiger partial charge in [-0.3, -0.25) is 4.90 Å². The van der Waals surface area contributed by atoms with Crippen LogP contribution in [-0.2, 0) is 0 Å². The van der Waals surface area contributed by atoms with Gasteiger partial charge in [-0.2, -0.15) is 11.8 Å². The SMILES string of the molecule is CCC1CCN(C(CN)C2CCSC2)C1. The molecule has 0 aromatic rings. The molecule has 0 bridgehead atoms. The van der Waals surface area contributed by atoms with Crippen LogP contribution in [0.25, 0.3) is 0 Å². The first kappa shape index (κ1) is 11.7. The molecule has 15 heavy (non-hydrogen) atoms. The van der Waals surface area contributed by atoms with Gasteiger partial charge < -0.3 is 5.73 Å². The van der Waals surface area contributed by atoms with Crippen molar-refractivity contribution in [3.8, 4) is 0 Å². The van der Waals surface area contributed by atoms with E-state index >= 15 is 0 Å². The molecule has 2 saturated heterocycles. The number of nitrogens with two attached hydrogens (primary N) is 1. The Labute approximate surface area is 98.0 Å². The molecule has 0 aliphatic carbocycles. The summed E-state index contributed by atoms with van der Waals surface area (Å²) in [5.74, 6) is 4.50. The molecule has 2 aliphatic rings. The average molecular weight is 228 g/mol. The zero-order chi connectivity index (χ0) is 10.7. The quantitative estimate of drug-likeness (QED) is 0.795. The van der Waals surface area contributed by atoms with Gasteiger partial charge in [-0.25, -0.2) is 0 Å². The first-order valence-electron chi connectivity index (χ1n) is 6.37. The largest absolute Gasteiger partial charge is 0.329 e. The second kappa shape index (κ2) is 5.55. The van der Waals surface area contributed by atoms with Gasteiger partial charge in [0.15, 0.2) is 0 Å². The highest BCUT2D eigenvalue weighted by Gasteiger charge is 2.33. The van der Waals surface area contributed by atoms with Gasteiger partial charge >= 0.3 is 0 Å². The second-order valence-electron chi connectivity index (χ2n) is 4.98. The fraction of sp³-hybridized carbons (Fsp3) is 1.00. The molecule has 2 heterocycles.